The number of nitrogens with zero attached hydrogens (tertiary/aromatic N) is 1. The molecule has 1 amide bonds. The Labute approximate surface area is 205 Å². The minimum atomic E-state index is -4.04. The average molecular weight is 503 g/mol. The van der Waals surface area contributed by atoms with Gasteiger partial charge in [0.2, 0.25) is 5.91 Å². The Bertz CT molecular complexity index is 1270. The van der Waals surface area contributed by atoms with Crippen LogP contribution in [0.4, 0.5) is 5.69 Å². The highest BCUT2D eigenvalue weighted by atomic mass is 35.5. The molecule has 9 heteroatoms. The van der Waals surface area contributed by atoms with Crippen LogP contribution in [-0.4, -0.2) is 35.1 Å². The Morgan fingerprint density at radius 2 is 1.74 bits per heavy atom. The Kier molecular flexibility index (Phi) is 8.06. The fourth-order valence-corrected chi connectivity index (χ4v) is 5.21. The predicted octanol–water partition coefficient (Wildman–Crippen LogP) is 4.74. The van der Waals surface area contributed by atoms with E-state index in [1.807, 2.05) is 0 Å². The normalized spacial score (nSPS) is 12.0. The summed E-state index contributed by atoms with van der Waals surface area (Å²) in [6, 6.07) is 17.7. The first-order valence-corrected chi connectivity index (χ1v) is 12.3. The first-order valence-electron chi connectivity index (χ1n) is 10.5. The lowest BCUT2D eigenvalue weighted by molar-refractivity contribution is -0.120. The van der Waals surface area contributed by atoms with Crippen LogP contribution < -0.4 is 19.1 Å². The van der Waals surface area contributed by atoms with E-state index >= 15 is 0 Å². The van der Waals surface area contributed by atoms with Gasteiger partial charge in [0.15, 0.2) is 0 Å². The Morgan fingerprint density at radius 1 is 1.03 bits per heavy atom. The van der Waals surface area contributed by atoms with Gasteiger partial charge in [0.25, 0.3) is 10.0 Å². The Morgan fingerprint density at radius 3 is 2.38 bits per heavy atom. The van der Waals surface area contributed by atoms with Crippen molar-refractivity contribution in [2.75, 3.05) is 25.1 Å². The molecule has 7 nitrogen and oxygen atoms in total. The Hall–Kier alpha value is -3.23. The molecule has 3 aromatic rings. The molecule has 0 aliphatic carbocycles. The zero-order valence-corrected chi connectivity index (χ0v) is 21.0. The van der Waals surface area contributed by atoms with Gasteiger partial charge in [-0.05, 0) is 61.9 Å². The molecule has 1 N–H and O–H groups in total. The fraction of sp³-hybridized carbons (Fsp3) is 0.240. The van der Waals surface area contributed by atoms with Crippen molar-refractivity contribution in [2.45, 2.75) is 24.8 Å². The van der Waals surface area contributed by atoms with E-state index in [0.29, 0.717) is 33.3 Å². The summed E-state index contributed by atoms with van der Waals surface area (Å²) in [6.45, 7) is 3.12. The maximum Gasteiger partial charge on any atom is 0.264 e. The van der Waals surface area contributed by atoms with Crippen molar-refractivity contribution in [3.8, 4) is 11.5 Å². The summed E-state index contributed by atoms with van der Waals surface area (Å²) in [5.74, 6) is 0.698. The van der Waals surface area contributed by atoms with Gasteiger partial charge in [0.1, 0.15) is 18.0 Å². The smallest absolute Gasteiger partial charge is 0.264 e. The topological polar surface area (TPSA) is 84.9 Å². The molecular formula is C25H27ClN2O5S. The molecule has 3 rings (SSSR count). The zero-order valence-electron chi connectivity index (χ0n) is 19.4. The molecule has 0 aliphatic rings. The van der Waals surface area contributed by atoms with Gasteiger partial charge >= 0.3 is 0 Å². The molecule has 0 saturated carbocycles. The van der Waals surface area contributed by atoms with E-state index < -0.39 is 28.5 Å². The number of sulfonamides is 1. The molecule has 0 saturated heterocycles. The number of nitrogens with one attached hydrogen (secondary N) is 1. The average Bonchev–Trinajstić information content (AvgIpc) is 2.84. The second-order valence-corrected chi connectivity index (χ2v) is 9.95. The molecule has 0 aliphatic heterocycles. The summed E-state index contributed by atoms with van der Waals surface area (Å²) in [7, 11) is -0.955. The summed E-state index contributed by atoms with van der Waals surface area (Å²) in [4.78, 5) is 13.2. The second-order valence-electron chi connectivity index (χ2n) is 7.65. The van der Waals surface area contributed by atoms with Gasteiger partial charge in [-0.15, -0.1) is 0 Å². The van der Waals surface area contributed by atoms with Crippen molar-refractivity contribution >= 4 is 33.2 Å². The second kappa shape index (κ2) is 10.8. The van der Waals surface area contributed by atoms with Crippen LogP contribution in [0.15, 0.2) is 71.6 Å². The summed E-state index contributed by atoms with van der Waals surface area (Å²) in [5.41, 5.74) is 1.70. The van der Waals surface area contributed by atoms with Gasteiger partial charge in [-0.25, -0.2) is 8.42 Å². The highest BCUT2D eigenvalue weighted by Gasteiger charge is 2.29. The maximum absolute atomic E-state index is 13.5. The number of amides is 1. The number of halogens is 1. The van der Waals surface area contributed by atoms with E-state index in [9.17, 15) is 13.2 Å². The number of hydrogen-bond acceptors (Lipinski definition) is 5. The minimum absolute atomic E-state index is 0.0738. The number of methoxy groups -OCH3 is 2. The first-order chi connectivity index (χ1) is 16.2. The van der Waals surface area contributed by atoms with Gasteiger partial charge in [-0.2, -0.15) is 0 Å². The van der Waals surface area contributed by atoms with Crippen molar-refractivity contribution in [2.24, 2.45) is 0 Å². The lowest BCUT2D eigenvalue weighted by Crippen LogP contribution is -2.42. The molecule has 180 valence electrons. The van der Waals surface area contributed by atoms with Gasteiger partial charge in [0.05, 0.1) is 30.8 Å². The van der Waals surface area contributed by atoms with Crippen molar-refractivity contribution in [3.05, 3.63) is 82.9 Å². The third-order valence-electron chi connectivity index (χ3n) is 5.34. The quantitative estimate of drug-likeness (QED) is 0.457. The summed E-state index contributed by atoms with van der Waals surface area (Å²) in [5, 5.41) is 3.23. The van der Waals surface area contributed by atoms with Crippen LogP contribution in [-0.2, 0) is 14.8 Å². The first kappa shape index (κ1) is 25.4. The molecule has 0 bridgehead atoms. The van der Waals surface area contributed by atoms with Crippen molar-refractivity contribution < 1.29 is 22.7 Å². The van der Waals surface area contributed by atoms with E-state index in [-0.39, 0.29) is 4.90 Å². The molecule has 0 unspecified atom stereocenters. The van der Waals surface area contributed by atoms with Crippen molar-refractivity contribution in [3.63, 3.8) is 0 Å². The molecule has 0 aromatic heterocycles. The van der Waals surface area contributed by atoms with Crippen LogP contribution in [0.3, 0.4) is 0 Å². The lowest BCUT2D eigenvalue weighted by atomic mass is 10.1. The monoisotopic (exact) mass is 502 g/mol. The number of carbonyl (C=O) groups is 1. The number of carbonyl (C=O) groups excluding carboxylic acids is 1. The number of rotatable bonds is 9. The summed E-state index contributed by atoms with van der Waals surface area (Å²) in [6.07, 6.45) is 0. The molecule has 1 atom stereocenters. The SMILES string of the molecule is COc1ccc(OC)c([C@H](C)NC(=O)CN(c2cc(Cl)ccc2C)S(=O)(=O)c2ccccc2)c1. The van der Waals surface area contributed by atoms with Gasteiger partial charge < -0.3 is 14.8 Å². The number of aryl methyl sites for hydroxylation is 1. The maximum atomic E-state index is 13.5. The zero-order chi connectivity index (χ0) is 24.9. The molecule has 34 heavy (non-hydrogen) atoms. The van der Waals surface area contributed by atoms with Gasteiger partial charge in [0, 0.05) is 10.6 Å². The number of anilines is 1. The fourth-order valence-electron chi connectivity index (χ4n) is 3.54. The predicted molar refractivity (Wildman–Crippen MR) is 133 cm³/mol. The molecule has 0 fully saturated rings. The van der Waals surface area contributed by atoms with Crippen LogP contribution in [0.1, 0.15) is 24.1 Å². The molecule has 3 aromatic carbocycles. The lowest BCUT2D eigenvalue weighted by Gasteiger charge is -2.27. The van der Waals surface area contributed by atoms with Gasteiger partial charge in [-0.1, -0.05) is 35.9 Å². The largest absolute Gasteiger partial charge is 0.497 e. The van der Waals surface area contributed by atoms with Gasteiger partial charge in [-0.3, -0.25) is 9.10 Å². The van der Waals surface area contributed by atoms with Crippen LogP contribution in [0, 0.1) is 6.92 Å². The van der Waals surface area contributed by atoms with E-state index in [1.54, 1.807) is 75.6 Å². The van der Waals surface area contributed by atoms with E-state index in [1.165, 1.54) is 19.2 Å². The molecule has 0 heterocycles. The van der Waals surface area contributed by atoms with E-state index in [4.69, 9.17) is 21.1 Å². The molecule has 0 radical (unpaired) electrons. The summed E-state index contributed by atoms with van der Waals surface area (Å²) >= 11 is 6.17. The van der Waals surface area contributed by atoms with Crippen LogP contribution in [0.25, 0.3) is 0 Å². The third-order valence-corrected chi connectivity index (χ3v) is 7.35. The highest BCUT2D eigenvalue weighted by Crippen LogP contribution is 2.31. The third kappa shape index (κ3) is 5.63. The minimum Gasteiger partial charge on any atom is -0.497 e. The van der Waals surface area contributed by atoms with Crippen LogP contribution in [0.5, 0.6) is 11.5 Å². The van der Waals surface area contributed by atoms with Crippen LogP contribution in [0.2, 0.25) is 5.02 Å². The Balaban J connectivity index is 1.94. The number of ether oxygens (including phenoxy) is 2. The number of hydrogen-bond donors (Lipinski definition) is 1. The van der Waals surface area contributed by atoms with Crippen molar-refractivity contribution in [1.82, 2.24) is 5.32 Å². The van der Waals surface area contributed by atoms with E-state index in [0.717, 1.165) is 4.31 Å². The molecule has 0 spiro atoms. The van der Waals surface area contributed by atoms with E-state index in [2.05, 4.69) is 5.32 Å². The highest BCUT2D eigenvalue weighted by molar-refractivity contribution is 7.92. The van der Waals surface area contributed by atoms with Crippen molar-refractivity contribution in [1.29, 1.82) is 0 Å². The summed E-state index contributed by atoms with van der Waals surface area (Å²) < 4.78 is 38.8. The van der Waals surface area contributed by atoms with Crippen LogP contribution >= 0.6 is 11.6 Å². The standard InChI is InChI=1S/C25H27ClN2O5S/c1-17-10-11-19(26)14-23(17)28(34(30,31)21-8-6-5-7-9-21)16-25(29)27-18(2)22-15-20(32-3)12-13-24(22)33-4/h5-15,18H,16H2,1-4H3,(H,27,29)/t18-/m0/s1. The molecular weight excluding hydrogens is 476 g/mol. The number of benzene rings is 3.